The van der Waals surface area contributed by atoms with Crippen LogP contribution in [0.25, 0.3) is 0 Å². The summed E-state index contributed by atoms with van der Waals surface area (Å²) in [5.74, 6) is 1.36. The molecule has 3 heteroatoms. The molecule has 0 aromatic carbocycles. The molecular formula is C14H27NOS. The van der Waals surface area contributed by atoms with Crippen molar-refractivity contribution in [3.63, 3.8) is 0 Å². The summed E-state index contributed by atoms with van der Waals surface area (Å²) in [6.45, 7) is 8.80. The van der Waals surface area contributed by atoms with Gasteiger partial charge in [-0.05, 0) is 31.9 Å². The van der Waals surface area contributed by atoms with Gasteiger partial charge in [0.05, 0.1) is 6.10 Å². The van der Waals surface area contributed by atoms with Crippen molar-refractivity contribution in [2.75, 3.05) is 18.9 Å². The van der Waals surface area contributed by atoms with Crippen molar-refractivity contribution in [3.8, 4) is 0 Å². The van der Waals surface area contributed by atoms with Crippen LogP contribution >= 0.6 is 11.8 Å². The van der Waals surface area contributed by atoms with Crippen LogP contribution in [0.2, 0.25) is 0 Å². The maximum atomic E-state index is 5.77. The first-order valence-corrected chi connectivity index (χ1v) is 8.16. The van der Waals surface area contributed by atoms with Gasteiger partial charge in [0.2, 0.25) is 0 Å². The summed E-state index contributed by atoms with van der Waals surface area (Å²) >= 11 is 2.16. The Hall–Kier alpha value is 0.270. The van der Waals surface area contributed by atoms with Crippen molar-refractivity contribution in [2.24, 2.45) is 5.41 Å². The van der Waals surface area contributed by atoms with E-state index >= 15 is 0 Å². The summed E-state index contributed by atoms with van der Waals surface area (Å²) in [6, 6.07) is 0.654. The van der Waals surface area contributed by atoms with Crippen molar-refractivity contribution in [1.82, 2.24) is 5.32 Å². The number of thioether (sulfide) groups is 1. The lowest BCUT2D eigenvalue weighted by molar-refractivity contribution is -0.113. The first-order chi connectivity index (χ1) is 8.14. The van der Waals surface area contributed by atoms with E-state index in [0.717, 1.165) is 11.9 Å². The molecule has 0 bridgehead atoms. The van der Waals surface area contributed by atoms with Crippen LogP contribution in [0.5, 0.6) is 0 Å². The number of hydrogen-bond acceptors (Lipinski definition) is 3. The predicted molar refractivity (Wildman–Crippen MR) is 75.7 cm³/mol. The van der Waals surface area contributed by atoms with Crippen molar-refractivity contribution in [1.29, 1.82) is 0 Å². The number of nitrogens with one attached hydrogen (secondary N) is 1. The largest absolute Gasteiger partial charge is 0.378 e. The molecule has 0 radical (unpaired) electrons. The van der Waals surface area contributed by atoms with Gasteiger partial charge in [-0.1, -0.05) is 20.3 Å². The molecular weight excluding hydrogens is 230 g/mol. The molecule has 2 nitrogen and oxygen atoms in total. The number of ether oxygens (including phenoxy) is 1. The first-order valence-electron chi connectivity index (χ1n) is 7.11. The monoisotopic (exact) mass is 257 g/mol. The van der Waals surface area contributed by atoms with Gasteiger partial charge in [0, 0.05) is 29.9 Å². The predicted octanol–water partition coefficient (Wildman–Crippen LogP) is 3.07. The number of hydrogen-bond donors (Lipinski definition) is 1. The zero-order chi connectivity index (χ0) is 12.3. The minimum Gasteiger partial charge on any atom is -0.378 e. The van der Waals surface area contributed by atoms with Crippen LogP contribution in [0.3, 0.4) is 0 Å². The third kappa shape index (κ3) is 3.18. The summed E-state index contributed by atoms with van der Waals surface area (Å²) in [4.78, 5) is 0. The lowest BCUT2D eigenvalue weighted by atomic mass is 9.64. The van der Waals surface area contributed by atoms with Gasteiger partial charge in [-0.3, -0.25) is 0 Å². The number of rotatable bonds is 5. The molecule has 1 heterocycles. The highest BCUT2D eigenvalue weighted by Gasteiger charge is 2.48. The molecule has 3 unspecified atom stereocenters. The van der Waals surface area contributed by atoms with E-state index in [0.29, 0.717) is 17.6 Å². The first kappa shape index (κ1) is 13.7. The lowest BCUT2D eigenvalue weighted by Crippen LogP contribution is -2.61. The fraction of sp³-hybridized carbons (Fsp3) is 1.00. The third-order valence-electron chi connectivity index (χ3n) is 4.41. The van der Waals surface area contributed by atoms with Crippen molar-refractivity contribution >= 4 is 11.8 Å². The highest BCUT2D eigenvalue weighted by Crippen LogP contribution is 2.42. The summed E-state index contributed by atoms with van der Waals surface area (Å²) in [5, 5.41) is 4.62. The molecule has 2 rings (SSSR count). The highest BCUT2D eigenvalue weighted by atomic mass is 32.2. The Labute approximate surface area is 110 Å². The van der Waals surface area contributed by atoms with Crippen molar-refractivity contribution in [3.05, 3.63) is 0 Å². The van der Waals surface area contributed by atoms with Crippen LogP contribution < -0.4 is 5.32 Å². The molecule has 1 N–H and O–H groups in total. The molecule has 1 saturated heterocycles. The van der Waals surface area contributed by atoms with E-state index in [1.54, 1.807) is 0 Å². The molecule has 17 heavy (non-hydrogen) atoms. The quantitative estimate of drug-likeness (QED) is 0.818. The molecule has 1 aliphatic heterocycles. The average Bonchev–Trinajstić information content (AvgIpc) is 2.34. The van der Waals surface area contributed by atoms with E-state index in [4.69, 9.17) is 4.74 Å². The van der Waals surface area contributed by atoms with E-state index in [1.165, 1.54) is 38.0 Å². The Balaban J connectivity index is 1.70. The molecule has 1 aliphatic carbocycles. The zero-order valence-electron chi connectivity index (χ0n) is 11.5. The van der Waals surface area contributed by atoms with Crippen molar-refractivity contribution < 1.29 is 4.74 Å². The van der Waals surface area contributed by atoms with Gasteiger partial charge in [-0.15, -0.1) is 0 Å². The minimum atomic E-state index is 0.315. The van der Waals surface area contributed by atoms with Gasteiger partial charge in [-0.25, -0.2) is 0 Å². The van der Waals surface area contributed by atoms with Gasteiger partial charge >= 0.3 is 0 Å². The van der Waals surface area contributed by atoms with Crippen LogP contribution in [0.15, 0.2) is 0 Å². The smallest absolute Gasteiger partial charge is 0.0655 e. The van der Waals surface area contributed by atoms with Crippen molar-refractivity contribution in [2.45, 2.75) is 63.9 Å². The average molecular weight is 257 g/mol. The molecule has 1 saturated carbocycles. The van der Waals surface area contributed by atoms with E-state index in [2.05, 4.69) is 37.8 Å². The fourth-order valence-corrected chi connectivity index (χ4v) is 4.21. The maximum Gasteiger partial charge on any atom is 0.0655 e. The Morgan fingerprint density at radius 3 is 2.76 bits per heavy atom. The second-order valence-electron chi connectivity index (χ2n) is 5.95. The fourth-order valence-electron chi connectivity index (χ4n) is 2.96. The topological polar surface area (TPSA) is 21.3 Å². The van der Waals surface area contributed by atoms with Crippen LogP contribution in [0.1, 0.15) is 46.5 Å². The maximum absolute atomic E-state index is 5.77. The van der Waals surface area contributed by atoms with Gasteiger partial charge in [0.1, 0.15) is 0 Å². The molecule has 0 aromatic rings. The normalized spacial score (nSPS) is 36.5. The van der Waals surface area contributed by atoms with E-state index in [9.17, 15) is 0 Å². The van der Waals surface area contributed by atoms with E-state index < -0.39 is 0 Å². The zero-order valence-corrected chi connectivity index (χ0v) is 12.3. The van der Waals surface area contributed by atoms with Crippen LogP contribution in [-0.2, 0) is 4.74 Å². The summed E-state index contributed by atoms with van der Waals surface area (Å²) in [6.07, 6.45) is 5.90. The van der Waals surface area contributed by atoms with E-state index in [-0.39, 0.29) is 0 Å². The summed E-state index contributed by atoms with van der Waals surface area (Å²) < 4.78 is 5.77. The second kappa shape index (κ2) is 5.94. The Morgan fingerprint density at radius 2 is 2.18 bits per heavy atom. The Kier molecular flexibility index (Phi) is 4.79. The van der Waals surface area contributed by atoms with Gasteiger partial charge in [0.25, 0.3) is 0 Å². The molecule has 3 atom stereocenters. The molecule has 2 fully saturated rings. The highest BCUT2D eigenvalue weighted by molar-refractivity contribution is 7.99. The summed E-state index contributed by atoms with van der Waals surface area (Å²) in [7, 11) is 0. The molecule has 0 spiro atoms. The Bertz CT molecular complexity index is 238. The minimum absolute atomic E-state index is 0.315. The standard InChI is InChI=1S/C14H27NOS/c1-4-16-13-9-12(14(13,2)3)15-10-11-7-5-6-8-17-11/h11-13,15H,4-10H2,1-3H3. The molecule has 0 aromatic heterocycles. The van der Waals surface area contributed by atoms with E-state index in [1.807, 2.05) is 0 Å². The van der Waals surface area contributed by atoms with Crippen LogP contribution in [-0.4, -0.2) is 36.3 Å². The lowest BCUT2D eigenvalue weighted by Gasteiger charge is -2.52. The van der Waals surface area contributed by atoms with Crippen LogP contribution in [0, 0.1) is 5.41 Å². The Morgan fingerprint density at radius 1 is 1.35 bits per heavy atom. The molecule has 2 aliphatic rings. The molecule has 100 valence electrons. The van der Waals surface area contributed by atoms with Gasteiger partial charge in [0.15, 0.2) is 0 Å². The van der Waals surface area contributed by atoms with Gasteiger partial charge in [-0.2, -0.15) is 11.8 Å². The van der Waals surface area contributed by atoms with Gasteiger partial charge < -0.3 is 10.1 Å². The second-order valence-corrected chi connectivity index (χ2v) is 7.36. The SMILES string of the molecule is CCOC1CC(NCC2CCCCS2)C1(C)C. The molecule has 0 amide bonds. The van der Waals surface area contributed by atoms with Crippen LogP contribution in [0.4, 0.5) is 0 Å². The third-order valence-corrected chi connectivity index (χ3v) is 5.81. The summed E-state index contributed by atoms with van der Waals surface area (Å²) in [5.41, 5.74) is 0.315.